The normalized spacial score (nSPS) is 14.2. The van der Waals surface area contributed by atoms with Gasteiger partial charge in [0.1, 0.15) is 5.82 Å². The smallest absolute Gasteiger partial charge is 0.361 e. The van der Waals surface area contributed by atoms with Crippen LogP contribution in [0.5, 0.6) is 0 Å². The van der Waals surface area contributed by atoms with Gasteiger partial charge in [-0.15, -0.1) is 0 Å². The summed E-state index contributed by atoms with van der Waals surface area (Å²) in [5, 5.41) is 0. The maximum Gasteiger partial charge on any atom is 0.361 e. The molecule has 0 saturated carbocycles. The standard InChI is InChI=1S/C17H18FN5O3/c18-12-1-3-13(4-2-12)22-7-9-23(10-8-22)14(24)11-26-17(25)15-16(19)21-6-5-20-15/h1-6H,7-11H2,(H2,19,21). The number of nitrogen functional groups attached to an aromatic ring is 1. The fraction of sp³-hybridized carbons (Fsp3) is 0.294. The van der Waals surface area contributed by atoms with E-state index >= 15 is 0 Å². The number of hydrogen-bond acceptors (Lipinski definition) is 7. The van der Waals surface area contributed by atoms with Gasteiger partial charge >= 0.3 is 5.97 Å². The van der Waals surface area contributed by atoms with Gasteiger partial charge in [0.15, 0.2) is 18.1 Å². The predicted octanol–water partition coefficient (Wildman–Crippen LogP) is 0.704. The Hall–Kier alpha value is -3.23. The van der Waals surface area contributed by atoms with Gasteiger partial charge in [-0.3, -0.25) is 4.79 Å². The minimum atomic E-state index is -0.783. The molecular weight excluding hydrogens is 341 g/mol. The first kappa shape index (κ1) is 17.6. The maximum atomic E-state index is 13.0. The van der Waals surface area contributed by atoms with Crippen LogP contribution in [0.25, 0.3) is 0 Å². The highest BCUT2D eigenvalue weighted by atomic mass is 19.1. The molecule has 0 radical (unpaired) electrons. The summed E-state index contributed by atoms with van der Waals surface area (Å²) in [6, 6.07) is 6.23. The topological polar surface area (TPSA) is 102 Å². The van der Waals surface area contributed by atoms with Gasteiger partial charge in [0.2, 0.25) is 0 Å². The Balaban J connectivity index is 1.48. The summed E-state index contributed by atoms with van der Waals surface area (Å²) in [7, 11) is 0. The van der Waals surface area contributed by atoms with Crippen LogP contribution in [0.1, 0.15) is 10.5 Å². The molecule has 26 heavy (non-hydrogen) atoms. The second-order valence-corrected chi connectivity index (χ2v) is 5.71. The van der Waals surface area contributed by atoms with Gasteiger partial charge in [-0.25, -0.2) is 19.2 Å². The third-order valence-electron chi connectivity index (χ3n) is 4.07. The highest BCUT2D eigenvalue weighted by Gasteiger charge is 2.23. The summed E-state index contributed by atoms with van der Waals surface area (Å²) in [5.74, 6) is -1.40. The number of benzene rings is 1. The number of hydrogen-bond donors (Lipinski definition) is 1. The fourth-order valence-electron chi connectivity index (χ4n) is 2.66. The van der Waals surface area contributed by atoms with Gasteiger partial charge in [-0.2, -0.15) is 0 Å². The molecule has 0 bridgehead atoms. The average Bonchev–Trinajstić information content (AvgIpc) is 2.67. The highest BCUT2D eigenvalue weighted by Crippen LogP contribution is 2.17. The summed E-state index contributed by atoms with van der Waals surface area (Å²) < 4.78 is 18.0. The molecule has 2 heterocycles. The number of nitrogens with two attached hydrogens (primary N) is 1. The summed E-state index contributed by atoms with van der Waals surface area (Å²) in [6.07, 6.45) is 2.68. The van der Waals surface area contributed by atoms with Gasteiger partial charge in [0.25, 0.3) is 5.91 Å². The molecule has 3 rings (SSSR count). The lowest BCUT2D eigenvalue weighted by molar-refractivity contribution is -0.134. The van der Waals surface area contributed by atoms with E-state index in [1.54, 1.807) is 17.0 Å². The number of piperazine rings is 1. The summed E-state index contributed by atoms with van der Waals surface area (Å²) in [5.41, 5.74) is 6.35. The van der Waals surface area contributed by atoms with Crippen LogP contribution in [-0.2, 0) is 9.53 Å². The molecule has 1 aliphatic heterocycles. The summed E-state index contributed by atoms with van der Waals surface area (Å²) >= 11 is 0. The fourth-order valence-corrected chi connectivity index (χ4v) is 2.66. The molecule has 0 spiro atoms. The number of ether oxygens (including phenoxy) is 1. The van der Waals surface area contributed by atoms with Crippen LogP contribution in [0.2, 0.25) is 0 Å². The number of amides is 1. The molecule has 1 fully saturated rings. The zero-order chi connectivity index (χ0) is 18.5. The third kappa shape index (κ3) is 4.05. The van der Waals surface area contributed by atoms with E-state index in [1.165, 1.54) is 24.5 Å². The molecule has 9 heteroatoms. The number of nitrogens with zero attached hydrogens (tertiary/aromatic N) is 4. The Morgan fingerprint density at radius 2 is 1.73 bits per heavy atom. The van der Waals surface area contributed by atoms with Crippen molar-refractivity contribution in [1.82, 2.24) is 14.9 Å². The molecule has 1 aromatic carbocycles. The quantitative estimate of drug-likeness (QED) is 0.802. The Morgan fingerprint density at radius 1 is 1.08 bits per heavy atom. The monoisotopic (exact) mass is 359 g/mol. The van der Waals surface area contributed by atoms with Gasteiger partial charge in [0.05, 0.1) is 0 Å². The van der Waals surface area contributed by atoms with Crippen molar-refractivity contribution in [1.29, 1.82) is 0 Å². The molecular formula is C17H18FN5O3. The van der Waals surface area contributed by atoms with E-state index in [2.05, 4.69) is 14.9 Å². The van der Waals surface area contributed by atoms with Crippen LogP contribution in [0.3, 0.4) is 0 Å². The molecule has 1 saturated heterocycles. The molecule has 1 aliphatic rings. The molecule has 2 N–H and O–H groups in total. The summed E-state index contributed by atoms with van der Waals surface area (Å²) in [6.45, 7) is 1.82. The first-order valence-corrected chi connectivity index (χ1v) is 8.06. The number of esters is 1. The van der Waals surface area contributed by atoms with Crippen molar-refractivity contribution in [2.75, 3.05) is 43.4 Å². The Morgan fingerprint density at radius 3 is 2.38 bits per heavy atom. The lowest BCUT2D eigenvalue weighted by Crippen LogP contribution is -2.49. The molecule has 0 unspecified atom stereocenters. The van der Waals surface area contributed by atoms with Crippen molar-refractivity contribution in [2.45, 2.75) is 0 Å². The van der Waals surface area contributed by atoms with Crippen LogP contribution in [-0.4, -0.2) is 59.5 Å². The van der Waals surface area contributed by atoms with E-state index in [1.807, 2.05) is 0 Å². The van der Waals surface area contributed by atoms with Crippen molar-refractivity contribution < 1.29 is 18.7 Å². The van der Waals surface area contributed by atoms with Crippen molar-refractivity contribution in [2.24, 2.45) is 0 Å². The molecule has 2 aromatic rings. The minimum absolute atomic E-state index is 0.0436. The molecule has 1 aromatic heterocycles. The Bertz CT molecular complexity index is 791. The average molecular weight is 359 g/mol. The van der Waals surface area contributed by atoms with Crippen LogP contribution < -0.4 is 10.6 Å². The SMILES string of the molecule is Nc1nccnc1C(=O)OCC(=O)N1CCN(c2ccc(F)cc2)CC1. The van der Waals surface area contributed by atoms with E-state index in [4.69, 9.17) is 10.5 Å². The summed E-state index contributed by atoms with van der Waals surface area (Å²) in [4.78, 5) is 35.4. The second-order valence-electron chi connectivity index (χ2n) is 5.71. The maximum absolute atomic E-state index is 13.0. The van der Waals surface area contributed by atoms with Crippen molar-refractivity contribution in [3.63, 3.8) is 0 Å². The van der Waals surface area contributed by atoms with E-state index in [-0.39, 0.29) is 29.8 Å². The zero-order valence-electron chi connectivity index (χ0n) is 14.0. The van der Waals surface area contributed by atoms with Gasteiger partial charge in [-0.1, -0.05) is 0 Å². The van der Waals surface area contributed by atoms with E-state index < -0.39 is 5.97 Å². The Labute approximate surface area is 149 Å². The largest absolute Gasteiger partial charge is 0.451 e. The minimum Gasteiger partial charge on any atom is -0.451 e. The van der Waals surface area contributed by atoms with Crippen molar-refractivity contribution >= 4 is 23.4 Å². The van der Waals surface area contributed by atoms with Crippen LogP contribution in [0, 0.1) is 5.82 Å². The number of carbonyl (C=O) groups is 2. The molecule has 0 aliphatic carbocycles. The van der Waals surface area contributed by atoms with Crippen LogP contribution in [0.4, 0.5) is 15.9 Å². The molecule has 8 nitrogen and oxygen atoms in total. The van der Waals surface area contributed by atoms with Crippen LogP contribution in [0.15, 0.2) is 36.7 Å². The number of aromatic nitrogens is 2. The van der Waals surface area contributed by atoms with Gasteiger partial charge < -0.3 is 20.3 Å². The highest BCUT2D eigenvalue weighted by molar-refractivity contribution is 5.93. The lowest BCUT2D eigenvalue weighted by Gasteiger charge is -2.36. The number of anilines is 2. The van der Waals surface area contributed by atoms with Crippen molar-refractivity contribution in [3.8, 4) is 0 Å². The Kier molecular flexibility index (Phi) is 5.26. The third-order valence-corrected chi connectivity index (χ3v) is 4.07. The van der Waals surface area contributed by atoms with Gasteiger partial charge in [-0.05, 0) is 24.3 Å². The van der Waals surface area contributed by atoms with E-state index in [0.29, 0.717) is 26.2 Å². The molecule has 1 amide bonds. The zero-order valence-corrected chi connectivity index (χ0v) is 14.0. The number of rotatable bonds is 4. The lowest BCUT2D eigenvalue weighted by atomic mass is 10.2. The number of carbonyl (C=O) groups excluding carboxylic acids is 2. The molecule has 136 valence electrons. The molecule has 0 atom stereocenters. The van der Waals surface area contributed by atoms with Gasteiger partial charge in [0, 0.05) is 44.3 Å². The first-order valence-electron chi connectivity index (χ1n) is 8.06. The van der Waals surface area contributed by atoms with E-state index in [9.17, 15) is 14.0 Å². The van der Waals surface area contributed by atoms with Crippen molar-refractivity contribution in [3.05, 3.63) is 48.2 Å². The van der Waals surface area contributed by atoms with Crippen LogP contribution >= 0.6 is 0 Å². The van der Waals surface area contributed by atoms with E-state index in [0.717, 1.165) is 5.69 Å². The first-order chi connectivity index (χ1) is 12.5. The predicted molar refractivity (Wildman–Crippen MR) is 91.9 cm³/mol. The number of halogens is 1. The second kappa shape index (κ2) is 7.77.